The summed E-state index contributed by atoms with van der Waals surface area (Å²) in [5.41, 5.74) is 2.42. The predicted octanol–water partition coefficient (Wildman–Crippen LogP) is 0.0218. The fourth-order valence-corrected chi connectivity index (χ4v) is 1.71. The van der Waals surface area contributed by atoms with Crippen LogP contribution in [-0.2, 0) is 13.5 Å². The van der Waals surface area contributed by atoms with E-state index in [1.165, 1.54) is 5.69 Å². The Morgan fingerprint density at radius 3 is 3.18 bits per heavy atom. The van der Waals surface area contributed by atoms with Gasteiger partial charge in [0.05, 0.1) is 17.4 Å². The van der Waals surface area contributed by atoms with Gasteiger partial charge in [-0.15, -0.1) is 5.10 Å². The lowest BCUT2D eigenvalue weighted by Gasteiger charge is -2.08. The first-order valence-corrected chi connectivity index (χ1v) is 3.88. The van der Waals surface area contributed by atoms with Crippen LogP contribution >= 0.6 is 0 Å². The normalized spacial score (nSPS) is 22.2. The van der Waals surface area contributed by atoms with E-state index in [9.17, 15) is 0 Å². The van der Waals surface area contributed by atoms with Crippen LogP contribution in [0.5, 0.6) is 0 Å². The van der Waals surface area contributed by atoms with Crippen molar-refractivity contribution >= 4 is 0 Å². The molecule has 1 unspecified atom stereocenters. The van der Waals surface area contributed by atoms with Crippen LogP contribution in [0.15, 0.2) is 0 Å². The third kappa shape index (κ3) is 0.860. The molecule has 0 spiro atoms. The first-order chi connectivity index (χ1) is 5.33. The van der Waals surface area contributed by atoms with E-state index < -0.39 is 0 Å². The van der Waals surface area contributed by atoms with Crippen molar-refractivity contribution in [1.29, 1.82) is 0 Å². The second-order valence-electron chi connectivity index (χ2n) is 2.92. The lowest BCUT2D eigenvalue weighted by atomic mass is 10.2. The van der Waals surface area contributed by atoms with Gasteiger partial charge in [-0.05, 0) is 19.9 Å². The second kappa shape index (κ2) is 2.30. The molecule has 1 N–H and O–H groups in total. The summed E-state index contributed by atoms with van der Waals surface area (Å²) in [4.78, 5) is 0. The first-order valence-electron chi connectivity index (χ1n) is 3.88. The number of hydrogen-bond donors (Lipinski definition) is 1. The zero-order valence-corrected chi connectivity index (χ0v) is 6.83. The van der Waals surface area contributed by atoms with Crippen molar-refractivity contribution in [3.8, 4) is 0 Å². The van der Waals surface area contributed by atoms with E-state index in [-0.39, 0.29) is 0 Å². The zero-order chi connectivity index (χ0) is 7.84. The molecule has 1 atom stereocenters. The maximum atomic E-state index is 4.07. The molecular formula is C7H12N4. The number of fused-ring (bicyclic) bond motifs is 1. The predicted molar refractivity (Wildman–Crippen MR) is 41.1 cm³/mol. The SMILES string of the molecule is CNC1CCc2nnn(C)c21. The van der Waals surface area contributed by atoms with Gasteiger partial charge in [0.2, 0.25) is 0 Å². The monoisotopic (exact) mass is 152 g/mol. The van der Waals surface area contributed by atoms with Gasteiger partial charge >= 0.3 is 0 Å². The number of hydrogen-bond acceptors (Lipinski definition) is 3. The third-order valence-electron chi connectivity index (χ3n) is 2.29. The number of aromatic nitrogens is 3. The minimum atomic E-state index is 0.463. The molecule has 4 nitrogen and oxygen atoms in total. The Labute approximate surface area is 65.6 Å². The smallest absolute Gasteiger partial charge is 0.0876 e. The molecule has 1 aliphatic carbocycles. The molecule has 11 heavy (non-hydrogen) atoms. The number of rotatable bonds is 1. The van der Waals surface area contributed by atoms with Gasteiger partial charge in [-0.2, -0.15) is 0 Å². The van der Waals surface area contributed by atoms with Crippen molar-refractivity contribution in [2.24, 2.45) is 7.05 Å². The van der Waals surface area contributed by atoms with E-state index in [4.69, 9.17) is 0 Å². The van der Waals surface area contributed by atoms with Crippen molar-refractivity contribution in [3.63, 3.8) is 0 Å². The molecule has 1 aromatic rings. The van der Waals surface area contributed by atoms with Gasteiger partial charge in [0, 0.05) is 7.05 Å². The van der Waals surface area contributed by atoms with Gasteiger partial charge in [0.1, 0.15) is 0 Å². The summed E-state index contributed by atoms with van der Waals surface area (Å²) < 4.78 is 1.86. The molecule has 0 saturated heterocycles. The molecule has 1 heterocycles. The Bertz CT molecular complexity index is 265. The first kappa shape index (κ1) is 6.79. The van der Waals surface area contributed by atoms with Crippen molar-refractivity contribution in [2.75, 3.05) is 7.05 Å². The van der Waals surface area contributed by atoms with Crippen molar-refractivity contribution in [2.45, 2.75) is 18.9 Å². The molecule has 1 aliphatic rings. The molecule has 0 radical (unpaired) electrons. The van der Waals surface area contributed by atoms with Gasteiger partial charge in [-0.3, -0.25) is 4.68 Å². The van der Waals surface area contributed by atoms with Gasteiger partial charge in [-0.25, -0.2) is 0 Å². The highest BCUT2D eigenvalue weighted by molar-refractivity contribution is 5.20. The molecular weight excluding hydrogens is 140 g/mol. The van der Waals surface area contributed by atoms with Crippen LogP contribution in [0.3, 0.4) is 0 Å². The quantitative estimate of drug-likeness (QED) is 0.617. The molecule has 0 saturated carbocycles. The van der Waals surface area contributed by atoms with Crippen LogP contribution in [0.1, 0.15) is 23.9 Å². The Morgan fingerprint density at radius 1 is 1.64 bits per heavy atom. The summed E-state index contributed by atoms with van der Waals surface area (Å²) in [6.45, 7) is 0. The molecule has 4 heteroatoms. The largest absolute Gasteiger partial charge is 0.312 e. The van der Waals surface area contributed by atoms with Crippen molar-refractivity contribution < 1.29 is 0 Å². The highest BCUT2D eigenvalue weighted by Crippen LogP contribution is 2.27. The minimum Gasteiger partial charge on any atom is -0.312 e. The fraction of sp³-hybridized carbons (Fsp3) is 0.714. The van der Waals surface area contributed by atoms with E-state index in [0.29, 0.717) is 6.04 Å². The standard InChI is InChI=1S/C7H12N4/c1-8-5-3-4-6-7(5)11(2)10-9-6/h5,8H,3-4H2,1-2H3. The zero-order valence-electron chi connectivity index (χ0n) is 6.83. The minimum absolute atomic E-state index is 0.463. The van der Waals surface area contributed by atoms with Gasteiger partial charge in [0.25, 0.3) is 0 Å². The third-order valence-corrected chi connectivity index (χ3v) is 2.29. The van der Waals surface area contributed by atoms with Crippen LogP contribution in [0.2, 0.25) is 0 Å². The maximum Gasteiger partial charge on any atom is 0.0876 e. The van der Waals surface area contributed by atoms with Gasteiger partial charge in [0.15, 0.2) is 0 Å². The number of nitrogens with zero attached hydrogens (tertiary/aromatic N) is 3. The van der Waals surface area contributed by atoms with Crippen LogP contribution < -0.4 is 5.32 Å². The Morgan fingerprint density at radius 2 is 2.45 bits per heavy atom. The summed E-state index contributed by atoms with van der Waals surface area (Å²) in [7, 11) is 3.92. The maximum absolute atomic E-state index is 4.07. The average molecular weight is 152 g/mol. The Kier molecular flexibility index (Phi) is 1.42. The molecule has 60 valence electrons. The fourth-order valence-electron chi connectivity index (χ4n) is 1.71. The lowest BCUT2D eigenvalue weighted by Crippen LogP contribution is -2.16. The van der Waals surface area contributed by atoms with Crippen LogP contribution in [-0.4, -0.2) is 22.0 Å². The molecule has 1 aromatic heterocycles. The number of nitrogens with one attached hydrogen (secondary N) is 1. The number of aryl methyl sites for hydroxylation is 2. The summed E-state index contributed by atoms with van der Waals surface area (Å²) in [6, 6.07) is 0.463. The Hall–Kier alpha value is -0.900. The molecule has 0 aliphatic heterocycles. The van der Waals surface area contributed by atoms with E-state index in [1.807, 2.05) is 18.8 Å². The molecule has 0 bridgehead atoms. The molecule has 0 fully saturated rings. The lowest BCUT2D eigenvalue weighted by molar-refractivity contribution is 0.530. The average Bonchev–Trinajstić information content (AvgIpc) is 2.54. The summed E-state index contributed by atoms with van der Waals surface area (Å²) >= 11 is 0. The highest BCUT2D eigenvalue weighted by atomic mass is 15.4. The van der Waals surface area contributed by atoms with E-state index in [0.717, 1.165) is 18.5 Å². The summed E-state index contributed by atoms with van der Waals surface area (Å²) in [5.74, 6) is 0. The van der Waals surface area contributed by atoms with Crippen LogP contribution in [0.25, 0.3) is 0 Å². The summed E-state index contributed by atoms with van der Waals surface area (Å²) in [6.07, 6.45) is 2.22. The Balaban J connectivity index is 2.42. The molecule has 2 rings (SSSR count). The van der Waals surface area contributed by atoms with Gasteiger partial charge < -0.3 is 5.32 Å². The van der Waals surface area contributed by atoms with E-state index in [2.05, 4.69) is 15.6 Å². The van der Waals surface area contributed by atoms with E-state index in [1.54, 1.807) is 0 Å². The molecule has 0 amide bonds. The van der Waals surface area contributed by atoms with Crippen molar-refractivity contribution in [3.05, 3.63) is 11.4 Å². The summed E-state index contributed by atoms with van der Waals surface area (Å²) in [5, 5.41) is 11.3. The van der Waals surface area contributed by atoms with Crippen LogP contribution in [0.4, 0.5) is 0 Å². The van der Waals surface area contributed by atoms with Crippen LogP contribution in [0, 0.1) is 0 Å². The van der Waals surface area contributed by atoms with Crippen molar-refractivity contribution in [1.82, 2.24) is 20.3 Å². The van der Waals surface area contributed by atoms with Gasteiger partial charge in [-0.1, -0.05) is 5.21 Å². The highest BCUT2D eigenvalue weighted by Gasteiger charge is 2.25. The second-order valence-corrected chi connectivity index (χ2v) is 2.92. The van der Waals surface area contributed by atoms with E-state index >= 15 is 0 Å². The molecule has 0 aromatic carbocycles. The topological polar surface area (TPSA) is 42.7 Å².